The monoisotopic (exact) mass is 297 g/mol. The van der Waals surface area contributed by atoms with Gasteiger partial charge in [-0.3, -0.25) is 4.79 Å². The van der Waals surface area contributed by atoms with Crippen molar-refractivity contribution in [1.82, 2.24) is 9.55 Å². The van der Waals surface area contributed by atoms with Gasteiger partial charge in [0.1, 0.15) is 5.69 Å². The highest BCUT2D eigenvalue weighted by atomic mass is 19.4. The van der Waals surface area contributed by atoms with E-state index >= 15 is 0 Å². The molecule has 21 heavy (non-hydrogen) atoms. The van der Waals surface area contributed by atoms with Crippen LogP contribution in [0, 0.1) is 6.92 Å². The number of hydrogen-bond acceptors (Lipinski definition) is 3. The van der Waals surface area contributed by atoms with Gasteiger partial charge in [-0.1, -0.05) is 6.07 Å². The van der Waals surface area contributed by atoms with Crippen LogP contribution in [0.5, 0.6) is 0 Å². The zero-order valence-corrected chi connectivity index (χ0v) is 11.3. The van der Waals surface area contributed by atoms with Gasteiger partial charge in [0, 0.05) is 24.8 Å². The summed E-state index contributed by atoms with van der Waals surface area (Å²) in [4.78, 5) is 16.2. The van der Waals surface area contributed by atoms with E-state index in [4.69, 9.17) is 5.73 Å². The minimum atomic E-state index is -4.42. The van der Waals surface area contributed by atoms with Crippen molar-refractivity contribution in [3.05, 3.63) is 53.1 Å². The maximum atomic E-state index is 12.6. The summed E-state index contributed by atoms with van der Waals surface area (Å²) >= 11 is 0. The Morgan fingerprint density at radius 3 is 2.67 bits per heavy atom. The molecular weight excluding hydrogens is 283 g/mol. The first-order chi connectivity index (χ1) is 9.82. The molecule has 0 aliphatic heterocycles. The number of nitrogens with two attached hydrogens (primary N) is 1. The number of nitrogens with zero attached hydrogens (tertiary/aromatic N) is 2. The summed E-state index contributed by atoms with van der Waals surface area (Å²) in [7, 11) is 0. The van der Waals surface area contributed by atoms with Crippen LogP contribution in [0.4, 0.5) is 13.2 Å². The summed E-state index contributed by atoms with van der Waals surface area (Å²) in [5.74, 6) is -0.406. The van der Waals surface area contributed by atoms with Crippen molar-refractivity contribution < 1.29 is 18.0 Å². The smallest absolute Gasteiger partial charge is 0.335 e. The Morgan fingerprint density at radius 2 is 2.10 bits per heavy atom. The molecule has 0 saturated carbocycles. The molecule has 0 spiro atoms. The molecule has 2 aromatic rings. The molecule has 0 atom stereocenters. The summed E-state index contributed by atoms with van der Waals surface area (Å²) in [6.07, 6.45) is -1.42. The number of aromatic nitrogens is 2. The third-order valence-corrected chi connectivity index (χ3v) is 3.05. The van der Waals surface area contributed by atoms with Crippen molar-refractivity contribution in [2.45, 2.75) is 19.6 Å². The van der Waals surface area contributed by atoms with Crippen LogP contribution in [0.15, 0.2) is 30.7 Å². The molecule has 0 fully saturated rings. The molecule has 0 unspecified atom stereocenters. The first kappa shape index (κ1) is 15.2. The fourth-order valence-corrected chi connectivity index (χ4v) is 1.98. The van der Waals surface area contributed by atoms with Gasteiger partial charge in [0.2, 0.25) is 5.78 Å². The van der Waals surface area contributed by atoms with E-state index in [2.05, 4.69) is 4.98 Å². The summed E-state index contributed by atoms with van der Waals surface area (Å²) < 4.78 is 39.5. The van der Waals surface area contributed by atoms with Crippen LogP contribution in [-0.4, -0.2) is 21.9 Å². The zero-order chi connectivity index (χ0) is 15.6. The van der Waals surface area contributed by atoms with Gasteiger partial charge in [0.05, 0.1) is 11.9 Å². The lowest BCUT2D eigenvalue weighted by Gasteiger charge is -2.09. The third kappa shape index (κ3) is 3.30. The minimum absolute atomic E-state index is 0.186. The Hall–Kier alpha value is -2.15. The number of rotatable bonds is 4. The number of aryl methyl sites for hydroxylation is 1. The van der Waals surface area contributed by atoms with Crippen LogP contribution < -0.4 is 5.73 Å². The van der Waals surface area contributed by atoms with Gasteiger partial charge < -0.3 is 10.3 Å². The summed E-state index contributed by atoms with van der Waals surface area (Å²) in [5, 5.41) is 0. The predicted molar refractivity (Wildman–Crippen MR) is 70.9 cm³/mol. The molecule has 2 rings (SSSR count). The van der Waals surface area contributed by atoms with Crippen molar-refractivity contribution in [3.8, 4) is 0 Å². The molecule has 1 aromatic heterocycles. The summed E-state index contributed by atoms with van der Waals surface area (Å²) in [6.45, 7) is 2.40. The molecule has 0 saturated heterocycles. The summed E-state index contributed by atoms with van der Waals surface area (Å²) in [6, 6.07) is 3.05. The molecule has 1 heterocycles. The number of carbonyl (C=O) groups excluding carboxylic acids is 1. The van der Waals surface area contributed by atoms with Gasteiger partial charge in [0.15, 0.2) is 0 Å². The Labute approximate surface area is 119 Å². The normalized spacial score (nSPS) is 11.7. The van der Waals surface area contributed by atoms with Gasteiger partial charge in [-0.05, 0) is 24.6 Å². The van der Waals surface area contributed by atoms with E-state index < -0.39 is 17.5 Å². The van der Waals surface area contributed by atoms with E-state index in [0.29, 0.717) is 13.1 Å². The molecule has 2 N–H and O–H groups in total. The van der Waals surface area contributed by atoms with Gasteiger partial charge in [0.25, 0.3) is 0 Å². The van der Waals surface area contributed by atoms with Crippen LogP contribution in [-0.2, 0) is 12.7 Å². The molecular formula is C14H14F3N3O. The molecule has 7 heteroatoms. The quantitative estimate of drug-likeness (QED) is 0.882. The second-order valence-corrected chi connectivity index (χ2v) is 4.64. The molecule has 0 radical (unpaired) electrons. The molecule has 0 aliphatic carbocycles. The largest absolute Gasteiger partial charge is 0.416 e. The van der Waals surface area contributed by atoms with Crippen LogP contribution in [0.2, 0.25) is 0 Å². The maximum Gasteiger partial charge on any atom is 0.416 e. The number of hydrogen-bond donors (Lipinski definition) is 1. The lowest BCUT2D eigenvalue weighted by atomic mass is 10.00. The average molecular weight is 297 g/mol. The first-order valence-electron chi connectivity index (χ1n) is 6.27. The highest BCUT2D eigenvalue weighted by Crippen LogP contribution is 2.30. The Balaban J connectivity index is 2.30. The minimum Gasteiger partial charge on any atom is -0.335 e. The first-order valence-corrected chi connectivity index (χ1v) is 6.27. The van der Waals surface area contributed by atoms with Gasteiger partial charge in [-0.25, -0.2) is 4.98 Å². The van der Waals surface area contributed by atoms with Gasteiger partial charge in [-0.2, -0.15) is 13.2 Å². The molecule has 4 nitrogen and oxygen atoms in total. The van der Waals surface area contributed by atoms with Crippen LogP contribution in [0.3, 0.4) is 0 Å². The van der Waals surface area contributed by atoms with Crippen molar-refractivity contribution in [3.63, 3.8) is 0 Å². The number of alkyl halides is 3. The number of imidazole rings is 1. The second kappa shape index (κ2) is 5.69. The van der Waals surface area contributed by atoms with Crippen molar-refractivity contribution >= 4 is 5.78 Å². The number of halogens is 3. The Kier molecular flexibility index (Phi) is 4.13. The highest BCUT2D eigenvalue weighted by molar-refractivity contribution is 6.08. The standard InChI is InChI=1S/C14H14F3N3O/c1-9-6-10(14(15,16)17)2-3-11(9)13(21)12-7-20(5-4-18)8-19-12/h2-3,6-8H,4-5,18H2,1H3. The fourth-order valence-electron chi connectivity index (χ4n) is 1.98. The van der Waals surface area contributed by atoms with Crippen LogP contribution in [0.25, 0.3) is 0 Å². The summed E-state index contributed by atoms with van der Waals surface area (Å²) in [5.41, 5.74) is 5.29. The van der Waals surface area contributed by atoms with E-state index in [-0.39, 0.29) is 16.8 Å². The lowest BCUT2D eigenvalue weighted by Crippen LogP contribution is -2.10. The van der Waals surface area contributed by atoms with Crippen LogP contribution in [0.1, 0.15) is 27.2 Å². The van der Waals surface area contributed by atoms with Gasteiger partial charge in [-0.15, -0.1) is 0 Å². The SMILES string of the molecule is Cc1cc(C(F)(F)F)ccc1C(=O)c1cn(CCN)cn1. The van der Waals surface area contributed by atoms with E-state index in [9.17, 15) is 18.0 Å². The van der Waals surface area contributed by atoms with E-state index in [0.717, 1.165) is 12.1 Å². The van der Waals surface area contributed by atoms with Crippen molar-refractivity contribution in [2.24, 2.45) is 5.73 Å². The predicted octanol–water partition coefficient (Wildman–Crippen LogP) is 2.40. The molecule has 112 valence electrons. The Bertz CT molecular complexity index is 662. The fraction of sp³-hybridized carbons (Fsp3) is 0.286. The molecule has 0 aliphatic rings. The molecule has 1 aromatic carbocycles. The number of ketones is 1. The highest BCUT2D eigenvalue weighted by Gasteiger charge is 2.31. The topological polar surface area (TPSA) is 60.9 Å². The van der Waals surface area contributed by atoms with Crippen molar-refractivity contribution in [1.29, 1.82) is 0 Å². The van der Waals surface area contributed by atoms with Crippen molar-refractivity contribution in [2.75, 3.05) is 6.54 Å². The van der Waals surface area contributed by atoms with Gasteiger partial charge >= 0.3 is 6.18 Å². The van der Waals surface area contributed by atoms with Crippen LogP contribution >= 0.6 is 0 Å². The lowest BCUT2D eigenvalue weighted by molar-refractivity contribution is -0.137. The Morgan fingerprint density at radius 1 is 1.38 bits per heavy atom. The molecule has 0 amide bonds. The average Bonchev–Trinajstić information content (AvgIpc) is 2.86. The molecule has 0 bridgehead atoms. The van der Waals surface area contributed by atoms with E-state index in [1.54, 1.807) is 4.57 Å². The maximum absolute atomic E-state index is 12.6. The zero-order valence-electron chi connectivity index (χ0n) is 11.3. The second-order valence-electron chi connectivity index (χ2n) is 4.64. The number of carbonyl (C=O) groups is 1. The third-order valence-electron chi connectivity index (χ3n) is 3.05. The van der Waals surface area contributed by atoms with E-state index in [1.165, 1.54) is 25.5 Å². The number of benzene rings is 1. The van der Waals surface area contributed by atoms with E-state index in [1.807, 2.05) is 0 Å².